The summed E-state index contributed by atoms with van der Waals surface area (Å²) in [4.78, 5) is 7.04. The van der Waals surface area contributed by atoms with Gasteiger partial charge in [-0.3, -0.25) is 5.10 Å². The van der Waals surface area contributed by atoms with E-state index >= 15 is 0 Å². The van der Waals surface area contributed by atoms with Crippen LogP contribution in [0.15, 0.2) is 0 Å². The highest BCUT2D eigenvalue weighted by Gasteiger charge is 2.35. The number of anilines is 1. The second kappa shape index (κ2) is 5.49. The van der Waals surface area contributed by atoms with E-state index < -0.39 is 0 Å². The highest BCUT2D eigenvalue weighted by molar-refractivity contribution is 5.33. The first-order valence-electron chi connectivity index (χ1n) is 7.68. The average molecular weight is 263 g/mol. The monoisotopic (exact) mass is 263 g/mol. The van der Waals surface area contributed by atoms with Gasteiger partial charge < -0.3 is 10.2 Å². The topological polar surface area (TPSA) is 56.8 Å². The van der Waals surface area contributed by atoms with E-state index in [4.69, 9.17) is 4.98 Å². The van der Waals surface area contributed by atoms with Crippen LogP contribution < -0.4 is 10.2 Å². The van der Waals surface area contributed by atoms with Gasteiger partial charge in [-0.2, -0.15) is 4.98 Å². The Morgan fingerprint density at radius 1 is 1.42 bits per heavy atom. The number of fused-ring (bicyclic) bond motifs is 1. The third kappa shape index (κ3) is 2.61. The van der Waals surface area contributed by atoms with E-state index in [0.29, 0.717) is 12.0 Å². The van der Waals surface area contributed by atoms with Gasteiger partial charge in [0.1, 0.15) is 5.82 Å². The lowest BCUT2D eigenvalue weighted by atomic mass is 9.94. The lowest BCUT2D eigenvalue weighted by molar-refractivity contribution is 0.340. The minimum Gasteiger partial charge on any atom is -0.338 e. The van der Waals surface area contributed by atoms with Gasteiger partial charge in [-0.25, -0.2) is 0 Å². The standard InChI is InChI=1S/C14H25N5/c1-3-5-10(2)13-16-14(18-17-13)19-8-11-6-4-7-15-12(11)9-19/h10-12,15H,3-9H2,1-2H3,(H,16,17,18). The Morgan fingerprint density at radius 2 is 2.32 bits per heavy atom. The molecule has 2 aliphatic rings. The number of nitrogens with one attached hydrogen (secondary N) is 2. The normalized spacial score (nSPS) is 28.4. The predicted molar refractivity (Wildman–Crippen MR) is 76.4 cm³/mol. The Kier molecular flexibility index (Phi) is 3.73. The molecule has 0 amide bonds. The zero-order chi connectivity index (χ0) is 13.2. The van der Waals surface area contributed by atoms with E-state index in [2.05, 4.69) is 34.3 Å². The van der Waals surface area contributed by atoms with E-state index in [1.807, 2.05) is 0 Å². The first-order chi connectivity index (χ1) is 9.28. The van der Waals surface area contributed by atoms with Crippen molar-refractivity contribution in [2.45, 2.75) is 51.5 Å². The summed E-state index contributed by atoms with van der Waals surface area (Å²) in [6.45, 7) is 7.77. The molecule has 2 N–H and O–H groups in total. The quantitative estimate of drug-likeness (QED) is 0.871. The number of hydrogen-bond acceptors (Lipinski definition) is 4. The SMILES string of the molecule is CCCC(C)c1nc(N2CC3CCCNC3C2)n[nH]1. The molecule has 0 radical (unpaired) electrons. The van der Waals surface area contributed by atoms with Gasteiger partial charge in [0.05, 0.1) is 0 Å². The molecule has 2 aliphatic heterocycles. The highest BCUT2D eigenvalue weighted by Crippen LogP contribution is 2.28. The van der Waals surface area contributed by atoms with Crippen LogP contribution in [0.5, 0.6) is 0 Å². The number of hydrogen-bond donors (Lipinski definition) is 2. The maximum atomic E-state index is 4.70. The Bertz CT molecular complexity index is 402. The molecule has 5 heteroatoms. The Hall–Kier alpha value is -1.10. The molecule has 2 fully saturated rings. The average Bonchev–Trinajstić information content (AvgIpc) is 3.05. The van der Waals surface area contributed by atoms with Crippen LogP contribution in [0.1, 0.15) is 51.3 Å². The summed E-state index contributed by atoms with van der Waals surface area (Å²) in [5.41, 5.74) is 0. The summed E-state index contributed by atoms with van der Waals surface area (Å²) in [5.74, 6) is 3.20. The lowest BCUT2D eigenvalue weighted by Gasteiger charge is -2.24. The molecule has 0 bridgehead atoms. The third-order valence-electron chi connectivity index (χ3n) is 4.56. The summed E-state index contributed by atoms with van der Waals surface area (Å²) in [6, 6.07) is 0.642. The fraction of sp³-hybridized carbons (Fsp3) is 0.857. The molecule has 3 unspecified atom stereocenters. The van der Waals surface area contributed by atoms with Gasteiger partial charge in [0.25, 0.3) is 0 Å². The maximum Gasteiger partial charge on any atom is 0.244 e. The molecule has 3 atom stereocenters. The number of aromatic amines is 1. The van der Waals surface area contributed by atoms with Crippen molar-refractivity contribution in [3.05, 3.63) is 5.82 Å². The van der Waals surface area contributed by atoms with Crippen molar-refractivity contribution in [2.75, 3.05) is 24.5 Å². The Labute approximate surface area is 115 Å². The fourth-order valence-corrected chi connectivity index (χ4v) is 3.41. The number of nitrogens with zero attached hydrogens (tertiary/aromatic N) is 3. The van der Waals surface area contributed by atoms with E-state index in [1.54, 1.807) is 0 Å². The molecule has 3 rings (SSSR count). The van der Waals surface area contributed by atoms with Crippen molar-refractivity contribution >= 4 is 5.95 Å². The third-order valence-corrected chi connectivity index (χ3v) is 4.56. The summed E-state index contributed by atoms with van der Waals surface area (Å²) >= 11 is 0. The van der Waals surface area contributed by atoms with Crippen LogP contribution in [0, 0.1) is 5.92 Å². The van der Waals surface area contributed by atoms with Crippen molar-refractivity contribution in [2.24, 2.45) is 5.92 Å². The van der Waals surface area contributed by atoms with Crippen LogP contribution in [-0.4, -0.2) is 40.9 Å². The van der Waals surface area contributed by atoms with Crippen LogP contribution in [0.4, 0.5) is 5.95 Å². The molecule has 5 nitrogen and oxygen atoms in total. The number of rotatable bonds is 4. The molecule has 1 aromatic rings. The Balaban J connectivity index is 1.66. The van der Waals surface area contributed by atoms with Gasteiger partial charge in [-0.05, 0) is 31.7 Å². The smallest absolute Gasteiger partial charge is 0.244 e. The Morgan fingerprint density at radius 3 is 3.11 bits per heavy atom. The molecule has 0 saturated carbocycles. The molecule has 19 heavy (non-hydrogen) atoms. The highest BCUT2D eigenvalue weighted by atomic mass is 15.4. The van der Waals surface area contributed by atoms with Crippen LogP contribution in [-0.2, 0) is 0 Å². The molecule has 106 valence electrons. The number of aromatic nitrogens is 3. The summed E-state index contributed by atoms with van der Waals surface area (Å²) in [6.07, 6.45) is 5.01. The molecule has 0 aliphatic carbocycles. The van der Waals surface area contributed by atoms with Gasteiger partial charge in [0.15, 0.2) is 0 Å². The summed E-state index contributed by atoms with van der Waals surface area (Å²) < 4.78 is 0. The zero-order valence-corrected chi connectivity index (χ0v) is 12.0. The van der Waals surface area contributed by atoms with Crippen molar-refractivity contribution in [1.82, 2.24) is 20.5 Å². The van der Waals surface area contributed by atoms with Crippen LogP contribution in [0.2, 0.25) is 0 Å². The largest absolute Gasteiger partial charge is 0.338 e. The fourth-order valence-electron chi connectivity index (χ4n) is 3.41. The van der Waals surface area contributed by atoms with Gasteiger partial charge in [0, 0.05) is 25.0 Å². The van der Waals surface area contributed by atoms with Gasteiger partial charge >= 0.3 is 0 Å². The molecule has 2 saturated heterocycles. The summed E-state index contributed by atoms with van der Waals surface area (Å²) in [7, 11) is 0. The van der Waals surface area contributed by atoms with Gasteiger partial charge in [-0.15, -0.1) is 5.10 Å². The van der Waals surface area contributed by atoms with Gasteiger partial charge in [-0.1, -0.05) is 20.3 Å². The van der Waals surface area contributed by atoms with E-state index in [9.17, 15) is 0 Å². The number of H-pyrrole nitrogens is 1. The van der Waals surface area contributed by atoms with Gasteiger partial charge in [0.2, 0.25) is 5.95 Å². The molecule has 3 heterocycles. The van der Waals surface area contributed by atoms with Crippen LogP contribution in [0.3, 0.4) is 0 Å². The van der Waals surface area contributed by atoms with E-state index in [-0.39, 0.29) is 0 Å². The maximum absolute atomic E-state index is 4.70. The lowest BCUT2D eigenvalue weighted by Crippen LogP contribution is -2.40. The van der Waals surface area contributed by atoms with E-state index in [0.717, 1.165) is 30.8 Å². The minimum absolute atomic E-state index is 0.481. The van der Waals surface area contributed by atoms with E-state index in [1.165, 1.54) is 32.2 Å². The van der Waals surface area contributed by atoms with Crippen molar-refractivity contribution in [3.8, 4) is 0 Å². The first kappa shape index (κ1) is 12.9. The van der Waals surface area contributed by atoms with Crippen molar-refractivity contribution in [1.29, 1.82) is 0 Å². The summed E-state index contributed by atoms with van der Waals surface area (Å²) in [5, 5.41) is 11.2. The second-order valence-corrected chi connectivity index (χ2v) is 6.08. The van der Waals surface area contributed by atoms with Crippen LogP contribution in [0.25, 0.3) is 0 Å². The molecule has 0 spiro atoms. The first-order valence-corrected chi connectivity index (χ1v) is 7.68. The second-order valence-electron chi connectivity index (χ2n) is 6.08. The zero-order valence-electron chi connectivity index (χ0n) is 12.0. The van der Waals surface area contributed by atoms with Crippen LogP contribution >= 0.6 is 0 Å². The minimum atomic E-state index is 0.481. The molecular formula is C14H25N5. The molecule has 1 aromatic heterocycles. The van der Waals surface area contributed by atoms with Crippen molar-refractivity contribution < 1.29 is 0 Å². The number of piperidine rings is 1. The molecule has 0 aromatic carbocycles. The predicted octanol–water partition coefficient (Wildman–Crippen LogP) is 1.90. The molecular weight excluding hydrogens is 238 g/mol. The van der Waals surface area contributed by atoms with Crippen molar-refractivity contribution in [3.63, 3.8) is 0 Å².